The highest BCUT2D eigenvalue weighted by molar-refractivity contribution is 7.22. The summed E-state index contributed by atoms with van der Waals surface area (Å²) in [4.78, 5) is 4.73. The molecule has 0 N–H and O–H groups in total. The Hall–Kier alpha value is -1.42. The largest absolute Gasteiger partial charge is 0.239 e. The zero-order valence-electron chi connectivity index (χ0n) is 13.2. The number of thiazole rings is 1. The molecule has 1 heterocycles. The van der Waals surface area contributed by atoms with E-state index in [1.807, 2.05) is 19.2 Å². The number of fused-ring (bicyclic) bond motifs is 1. The summed E-state index contributed by atoms with van der Waals surface area (Å²) in [5, 5.41) is 7.62. The van der Waals surface area contributed by atoms with E-state index in [2.05, 4.69) is 42.2 Å². The van der Waals surface area contributed by atoms with Gasteiger partial charge < -0.3 is 0 Å². The SMILES string of the molecule is C/C=N/N(CC(CC)CCCC)c1nc2ccccc2s1. The van der Waals surface area contributed by atoms with Crippen LogP contribution in [0, 0.1) is 5.92 Å². The van der Waals surface area contributed by atoms with Gasteiger partial charge in [0.2, 0.25) is 5.13 Å². The van der Waals surface area contributed by atoms with Gasteiger partial charge >= 0.3 is 0 Å². The third kappa shape index (κ3) is 4.27. The van der Waals surface area contributed by atoms with Crippen LogP contribution in [0.2, 0.25) is 0 Å². The number of unbranched alkanes of at least 4 members (excludes halogenated alkanes) is 1. The third-order valence-corrected chi connectivity index (χ3v) is 4.78. The quantitative estimate of drug-likeness (QED) is 0.487. The molecule has 1 unspecified atom stereocenters. The number of para-hydroxylation sites is 1. The highest BCUT2D eigenvalue weighted by Crippen LogP contribution is 2.30. The lowest BCUT2D eigenvalue weighted by Crippen LogP contribution is -2.24. The summed E-state index contributed by atoms with van der Waals surface area (Å²) in [5.41, 5.74) is 1.07. The van der Waals surface area contributed by atoms with Crippen molar-refractivity contribution in [3.05, 3.63) is 24.3 Å². The molecule has 1 aromatic heterocycles. The summed E-state index contributed by atoms with van der Waals surface area (Å²) in [7, 11) is 0. The molecule has 2 aromatic rings. The van der Waals surface area contributed by atoms with Crippen LogP contribution in [0.15, 0.2) is 29.4 Å². The molecule has 21 heavy (non-hydrogen) atoms. The Morgan fingerprint density at radius 3 is 2.81 bits per heavy atom. The lowest BCUT2D eigenvalue weighted by atomic mass is 9.99. The average molecular weight is 303 g/mol. The predicted octanol–water partition coefficient (Wildman–Crippen LogP) is 5.32. The van der Waals surface area contributed by atoms with Crippen molar-refractivity contribution in [2.75, 3.05) is 11.6 Å². The fourth-order valence-electron chi connectivity index (χ4n) is 2.45. The van der Waals surface area contributed by atoms with Crippen LogP contribution < -0.4 is 5.01 Å². The molecule has 0 aliphatic carbocycles. The summed E-state index contributed by atoms with van der Waals surface area (Å²) >= 11 is 1.72. The van der Waals surface area contributed by atoms with E-state index in [1.54, 1.807) is 11.3 Å². The first-order chi connectivity index (χ1) is 10.3. The Kier molecular flexibility index (Phi) is 6.18. The number of hydrogen-bond acceptors (Lipinski definition) is 4. The van der Waals surface area contributed by atoms with Gasteiger partial charge in [-0.25, -0.2) is 9.99 Å². The van der Waals surface area contributed by atoms with E-state index < -0.39 is 0 Å². The van der Waals surface area contributed by atoms with Crippen molar-refractivity contribution in [3.63, 3.8) is 0 Å². The first-order valence-corrected chi connectivity index (χ1v) is 8.71. The molecule has 2 rings (SSSR count). The summed E-state index contributed by atoms with van der Waals surface area (Å²) in [6, 6.07) is 8.29. The van der Waals surface area contributed by atoms with E-state index in [0.717, 1.165) is 17.2 Å². The second-order valence-electron chi connectivity index (χ2n) is 5.34. The Morgan fingerprint density at radius 2 is 2.14 bits per heavy atom. The Labute approximate surface area is 131 Å². The monoisotopic (exact) mass is 303 g/mol. The summed E-state index contributed by atoms with van der Waals surface area (Å²) in [6.07, 6.45) is 6.88. The second-order valence-corrected chi connectivity index (χ2v) is 6.35. The van der Waals surface area contributed by atoms with Crippen molar-refractivity contribution >= 4 is 32.9 Å². The zero-order chi connectivity index (χ0) is 15.1. The molecule has 0 amide bonds. The Morgan fingerprint density at radius 1 is 1.33 bits per heavy atom. The molecule has 1 atom stereocenters. The molecular weight excluding hydrogens is 278 g/mol. The van der Waals surface area contributed by atoms with Crippen LogP contribution in [-0.2, 0) is 0 Å². The molecule has 1 aromatic carbocycles. The molecular formula is C17H25N3S. The van der Waals surface area contributed by atoms with E-state index in [1.165, 1.54) is 30.4 Å². The number of benzene rings is 1. The highest BCUT2D eigenvalue weighted by atomic mass is 32.1. The third-order valence-electron chi connectivity index (χ3n) is 3.73. The van der Waals surface area contributed by atoms with Crippen molar-refractivity contribution in [1.82, 2.24) is 4.98 Å². The van der Waals surface area contributed by atoms with Crippen molar-refractivity contribution in [2.45, 2.75) is 46.5 Å². The molecule has 0 aliphatic heterocycles. The maximum Gasteiger partial charge on any atom is 0.207 e. The van der Waals surface area contributed by atoms with Gasteiger partial charge in [-0.1, -0.05) is 56.6 Å². The van der Waals surface area contributed by atoms with Crippen LogP contribution in [0.4, 0.5) is 5.13 Å². The lowest BCUT2D eigenvalue weighted by molar-refractivity contribution is 0.448. The van der Waals surface area contributed by atoms with E-state index in [9.17, 15) is 0 Å². The molecule has 4 heteroatoms. The minimum absolute atomic E-state index is 0.681. The molecule has 0 spiro atoms. The van der Waals surface area contributed by atoms with Crippen LogP contribution >= 0.6 is 11.3 Å². The van der Waals surface area contributed by atoms with E-state index >= 15 is 0 Å². The molecule has 0 bridgehead atoms. The van der Waals surface area contributed by atoms with Crippen LogP contribution in [0.1, 0.15) is 46.5 Å². The van der Waals surface area contributed by atoms with E-state index in [4.69, 9.17) is 4.98 Å². The number of hydrogen-bond donors (Lipinski definition) is 0. The Bertz CT molecular complexity index is 543. The molecule has 3 nitrogen and oxygen atoms in total. The number of anilines is 1. The highest BCUT2D eigenvalue weighted by Gasteiger charge is 2.16. The van der Waals surface area contributed by atoms with Crippen molar-refractivity contribution in [2.24, 2.45) is 11.0 Å². The van der Waals surface area contributed by atoms with Gasteiger partial charge in [0.05, 0.1) is 10.2 Å². The molecule has 0 radical (unpaired) electrons. The van der Waals surface area contributed by atoms with Crippen molar-refractivity contribution < 1.29 is 0 Å². The number of aromatic nitrogens is 1. The summed E-state index contributed by atoms with van der Waals surface area (Å²) in [6.45, 7) is 7.45. The number of hydrazone groups is 1. The first-order valence-electron chi connectivity index (χ1n) is 7.90. The summed E-state index contributed by atoms with van der Waals surface area (Å²) < 4.78 is 1.23. The van der Waals surface area contributed by atoms with Crippen LogP contribution in [-0.4, -0.2) is 17.7 Å². The van der Waals surface area contributed by atoms with Gasteiger partial charge in [-0.3, -0.25) is 0 Å². The average Bonchev–Trinajstić information content (AvgIpc) is 2.94. The van der Waals surface area contributed by atoms with Gasteiger partial charge in [0.25, 0.3) is 0 Å². The van der Waals surface area contributed by atoms with Crippen molar-refractivity contribution in [3.8, 4) is 0 Å². The van der Waals surface area contributed by atoms with Crippen LogP contribution in [0.5, 0.6) is 0 Å². The predicted molar refractivity (Wildman–Crippen MR) is 94.4 cm³/mol. The van der Waals surface area contributed by atoms with Gasteiger partial charge in [-0.2, -0.15) is 5.10 Å². The smallest absolute Gasteiger partial charge is 0.207 e. The van der Waals surface area contributed by atoms with Crippen LogP contribution in [0.3, 0.4) is 0 Å². The lowest BCUT2D eigenvalue weighted by Gasteiger charge is -2.22. The molecule has 0 saturated heterocycles. The van der Waals surface area contributed by atoms with Crippen LogP contribution in [0.25, 0.3) is 10.2 Å². The van der Waals surface area contributed by atoms with E-state index in [-0.39, 0.29) is 0 Å². The van der Waals surface area contributed by atoms with Gasteiger partial charge in [0.15, 0.2) is 0 Å². The molecule has 114 valence electrons. The molecule has 0 aliphatic rings. The maximum absolute atomic E-state index is 4.73. The number of rotatable bonds is 8. The minimum atomic E-state index is 0.681. The fraction of sp³-hybridized carbons (Fsp3) is 0.529. The second kappa shape index (κ2) is 8.13. The zero-order valence-corrected chi connectivity index (χ0v) is 14.1. The van der Waals surface area contributed by atoms with Gasteiger partial charge in [0.1, 0.15) is 0 Å². The number of nitrogens with zero attached hydrogens (tertiary/aromatic N) is 3. The van der Waals surface area contributed by atoms with E-state index in [0.29, 0.717) is 5.92 Å². The fourth-order valence-corrected chi connectivity index (χ4v) is 3.38. The summed E-state index contributed by atoms with van der Waals surface area (Å²) in [5.74, 6) is 0.681. The normalized spacial score (nSPS) is 13.1. The van der Waals surface area contributed by atoms with Crippen molar-refractivity contribution in [1.29, 1.82) is 0 Å². The molecule has 0 fully saturated rings. The van der Waals surface area contributed by atoms with Gasteiger partial charge in [-0.05, 0) is 31.4 Å². The minimum Gasteiger partial charge on any atom is -0.239 e. The maximum atomic E-state index is 4.73. The van der Waals surface area contributed by atoms with Gasteiger partial charge in [0, 0.05) is 12.8 Å². The van der Waals surface area contributed by atoms with Gasteiger partial charge in [-0.15, -0.1) is 0 Å². The standard InChI is InChI=1S/C17H25N3S/c1-4-7-10-14(5-2)13-20(18-6-3)17-19-15-11-8-9-12-16(15)21-17/h6,8-9,11-12,14H,4-5,7,10,13H2,1-3H3/b18-6+. The first kappa shape index (κ1) is 16.0. The Balaban J connectivity index is 2.17. The topological polar surface area (TPSA) is 28.5 Å². The molecule has 0 saturated carbocycles.